The van der Waals surface area contributed by atoms with Gasteiger partial charge in [0.05, 0.1) is 19.7 Å². The second kappa shape index (κ2) is 8.07. The number of aryl methyl sites for hydroxylation is 1. The maximum Gasteiger partial charge on any atom is 0.239 e. The molecule has 0 bridgehead atoms. The van der Waals surface area contributed by atoms with E-state index in [1.54, 1.807) is 23.3 Å². The fourth-order valence-corrected chi connectivity index (χ4v) is 3.91. The Morgan fingerprint density at radius 1 is 1.46 bits per heavy atom. The first-order valence-electron chi connectivity index (χ1n) is 8.59. The Morgan fingerprint density at radius 3 is 2.92 bits per heavy atom. The van der Waals surface area contributed by atoms with Gasteiger partial charge in [0.15, 0.2) is 11.5 Å². The molecule has 0 spiro atoms. The molecule has 1 amide bonds. The molecule has 3 N–H and O–H groups in total. The van der Waals surface area contributed by atoms with Crippen molar-refractivity contribution in [1.82, 2.24) is 4.90 Å². The van der Waals surface area contributed by atoms with Crippen LogP contribution in [0.4, 0.5) is 0 Å². The minimum absolute atomic E-state index is 0.108. The van der Waals surface area contributed by atoms with Crippen molar-refractivity contribution in [1.29, 1.82) is 0 Å². The van der Waals surface area contributed by atoms with Crippen LogP contribution in [0.1, 0.15) is 16.9 Å². The third kappa shape index (κ3) is 3.85. The number of ether oxygens (including phenoxy) is 2. The van der Waals surface area contributed by atoms with Gasteiger partial charge >= 0.3 is 0 Å². The Morgan fingerprint density at radius 2 is 2.27 bits per heavy atom. The number of thiophene rings is 1. The second-order valence-electron chi connectivity index (χ2n) is 6.30. The van der Waals surface area contributed by atoms with E-state index in [-0.39, 0.29) is 18.9 Å². The number of hydrogen-bond donors (Lipinski definition) is 2. The Hall–Kier alpha value is -2.09. The lowest BCUT2D eigenvalue weighted by molar-refractivity contribution is -0.133. The average molecular weight is 376 g/mol. The van der Waals surface area contributed by atoms with Crippen LogP contribution in [-0.4, -0.2) is 48.8 Å². The van der Waals surface area contributed by atoms with E-state index in [1.807, 2.05) is 12.1 Å². The van der Waals surface area contributed by atoms with E-state index >= 15 is 0 Å². The molecule has 0 radical (unpaired) electrons. The maximum atomic E-state index is 12.6. The summed E-state index contributed by atoms with van der Waals surface area (Å²) >= 11 is 1.71. The predicted octanol–water partition coefficient (Wildman–Crippen LogP) is 2.16. The molecule has 1 aromatic carbocycles. The number of aliphatic hydroxyl groups excluding tert-OH is 1. The quantitative estimate of drug-likeness (QED) is 0.835. The number of benzene rings is 1. The lowest BCUT2D eigenvalue weighted by Crippen LogP contribution is -2.44. The molecule has 1 aliphatic heterocycles. The topological polar surface area (TPSA) is 85.0 Å². The summed E-state index contributed by atoms with van der Waals surface area (Å²) in [5, 5.41) is 9.04. The number of carbonyl (C=O) groups is 1. The van der Waals surface area contributed by atoms with Gasteiger partial charge in [-0.3, -0.25) is 4.79 Å². The third-order valence-corrected chi connectivity index (χ3v) is 5.46. The monoisotopic (exact) mass is 376 g/mol. The fourth-order valence-electron chi connectivity index (χ4n) is 3.05. The van der Waals surface area contributed by atoms with Crippen molar-refractivity contribution in [3.05, 3.63) is 34.7 Å². The summed E-state index contributed by atoms with van der Waals surface area (Å²) in [7, 11) is 1.62. The van der Waals surface area contributed by atoms with Gasteiger partial charge in [-0.05, 0) is 43.2 Å². The highest BCUT2D eigenvalue weighted by atomic mass is 32.1. The summed E-state index contributed by atoms with van der Waals surface area (Å²) < 4.78 is 11.4. The van der Waals surface area contributed by atoms with Gasteiger partial charge in [-0.25, -0.2) is 0 Å². The zero-order valence-electron chi connectivity index (χ0n) is 15.0. The maximum absolute atomic E-state index is 12.6. The molecule has 0 unspecified atom stereocenters. The number of hydrogen-bond acceptors (Lipinski definition) is 6. The van der Waals surface area contributed by atoms with Crippen molar-refractivity contribution in [2.75, 3.05) is 26.9 Å². The highest BCUT2D eigenvalue weighted by Gasteiger charge is 2.26. The van der Waals surface area contributed by atoms with Crippen LogP contribution in [0.2, 0.25) is 0 Å². The van der Waals surface area contributed by atoms with Gasteiger partial charge in [0.1, 0.15) is 6.61 Å². The minimum Gasteiger partial charge on any atom is -0.493 e. The molecule has 3 rings (SSSR count). The Labute approximate surface area is 157 Å². The molecule has 140 valence electrons. The Kier molecular flexibility index (Phi) is 5.80. The Bertz CT molecular complexity index is 790. The number of fused-ring (bicyclic) bond motifs is 1. The molecule has 7 heteroatoms. The van der Waals surface area contributed by atoms with Gasteiger partial charge in [-0.15, -0.1) is 11.3 Å². The molecule has 1 aromatic heterocycles. The van der Waals surface area contributed by atoms with Crippen LogP contribution in [0, 0.1) is 6.92 Å². The SMILES string of the molecule is COc1cc(-c2ccc(C)s2)cc2c1OCCN(C(=O)[C@@H](N)CCO)C2. The first kappa shape index (κ1) is 18.7. The number of methoxy groups -OCH3 is 1. The van der Waals surface area contributed by atoms with Crippen LogP contribution < -0.4 is 15.2 Å². The van der Waals surface area contributed by atoms with E-state index in [0.29, 0.717) is 31.2 Å². The number of nitrogens with two attached hydrogens (primary N) is 1. The zero-order valence-corrected chi connectivity index (χ0v) is 15.8. The summed E-state index contributed by atoms with van der Waals surface area (Å²) in [6, 6.07) is 7.48. The molecule has 2 aromatic rings. The first-order valence-corrected chi connectivity index (χ1v) is 9.41. The van der Waals surface area contributed by atoms with Crippen LogP contribution in [0.3, 0.4) is 0 Å². The fraction of sp³-hybridized carbons (Fsp3) is 0.421. The smallest absolute Gasteiger partial charge is 0.239 e. The van der Waals surface area contributed by atoms with Gasteiger partial charge < -0.3 is 25.2 Å². The summed E-state index contributed by atoms with van der Waals surface area (Å²) in [6.07, 6.45) is 0.251. The molecule has 0 saturated carbocycles. The van der Waals surface area contributed by atoms with Crippen molar-refractivity contribution in [3.8, 4) is 21.9 Å². The van der Waals surface area contributed by atoms with E-state index in [9.17, 15) is 4.79 Å². The third-order valence-electron chi connectivity index (χ3n) is 4.41. The number of amides is 1. The largest absolute Gasteiger partial charge is 0.493 e. The molecule has 1 aliphatic rings. The number of rotatable bonds is 5. The molecular formula is C19H24N2O4S. The van der Waals surface area contributed by atoms with Crippen molar-refractivity contribution >= 4 is 17.2 Å². The molecule has 6 nitrogen and oxygen atoms in total. The highest BCUT2D eigenvalue weighted by molar-refractivity contribution is 7.15. The lowest BCUT2D eigenvalue weighted by Gasteiger charge is -2.23. The van der Waals surface area contributed by atoms with Gasteiger partial charge in [0, 0.05) is 28.5 Å². The van der Waals surface area contributed by atoms with E-state index in [1.165, 1.54) is 4.88 Å². The summed E-state index contributed by atoms with van der Waals surface area (Å²) in [4.78, 5) is 16.6. The van der Waals surface area contributed by atoms with Gasteiger partial charge in [0.2, 0.25) is 5.91 Å². The van der Waals surface area contributed by atoms with Crippen LogP contribution in [0.5, 0.6) is 11.5 Å². The molecule has 0 aliphatic carbocycles. The summed E-state index contributed by atoms with van der Waals surface area (Å²) in [5.41, 5.74) is 7.83. The van der Waals surface area contributed by atoms with E-state index in [2.05, 4.69) is 19.1 Å². The van der Waals surface area contributed by atoms with E-state index in [0.717, 1.165) is 16.0 Å². The lowest BCUT2D eigenvalue weighted by atomic mass is 10.1. The van der Waals surface area contributed by atoms with Crippen molar-refractivity contribution in [2.45, 2.75) is 25.9 Å². The van der Waals surface area contributed by atoms with Gasteiger partial charge in [0.25, 0.3) is 0 Å². The molecule has 2 heterocycles. The van der Waals surface area contributed by atoms with E-state index < -0.39 is 6.04 Å². The normalized spacial score (nSPS) is 15.0. The van der Waals surface area contributed by atoms with Crippen LogP contribution in [0.25, 0.3) is 10.4 Å². The summed E-state index contributed by atoms with van der Waals surface area (Å²) in [5.74, 6) is 1.17. The Balaban J connectivity index is 1.95. The summed E-state index contributed by atoms with van der Waals surface area (Å²) in [6.45, 7) is 3.19. The van der Waals surface area contributed by atoms with E-state index in [4.69, 9.17) is 20.3 Å². The zero-order chi connectivity index (χ0) is 18.7. The molecule has 0 saturated heterocycles. The number of aliphatic hydroxyl groups is 1. The average Bonchev–Trinajstić information content (AvgIpc) is 2.95. The number of carbonyl (C=O) groups excluding carboxylic acids is 1. The molecule has 1 atom stereocenters. The molecule has 0 fully saturated rings. The molecule has 26 heavy (non-hydrogen) atoms. The number of nitrogens with zero attached hydrogens (tertiary/aromatic N) is 1. The van der Waals surface area contributed by atoms with Crippen LogP contribution in [-0.2, 0) is 11.3 Å². The first-order chi connectivity index (χ1) is 12.5. The van der Waals surface area contributed by atoms with Crippen molar-refractivity contribution < 1.29 is 19.4 Å². The van der Waals surface area contributed by atoms with Crippen LogP contribution >= 0.6 is 11.3 Å². The predicted molar refractivity (Wildman–Crippen MR) is 102 cm³/mol. The standard InChI is InChI=1S/C19H24N2O4S/c1-12-3-4-17(26-12)13-9-14-11-21(19(23)15(20)5-7-22)6-8-25-18(14)16(10-13)24-2/h3-4,9-10,15,22H,5-8,11,20H2,1-2H3/t15-/m0/s1. The van der Waals surface area contributed by atoms with Crippen molar-refractivity contribution in [3.63, 3.8) is 0 Å². The second-order valence-corrected chi connectivity index (χ2v) is 7.59. The van der Waals surface area contributed by atoms with Gasteiger partial charge in [-0.1, -0.05) is 0 Å². The van der Waals surface area contributed by atoms with Crippen LogP contribution in [0.15, 0.2) is 24.3 Å². The minimum atomic E-state index is -0.702. The highest BCUT2D eigenvalue weighted by Crippen LogP contribution is 2.40. The van der Waals surface area contributed by atoms with Gasteiger partial charge in [-0.2, -0.15) is 0 Å². The van der Waals surface area contributed by atoms with Crippen molar-refractivity contribution in [2.24, 2.45) is 5.73 Å². The molecular weight excluding hydrogens is 352 g/mol.